The Morgan fingerprint density at radius 3 is 2.24 bits per heavy atom. The maximum Gasteiger partial charge on any atom is 0.408 e. The zero-order valence-electron chi connectivity index (χ0n) is 21.5. The molecule has 0 fully saturated rings. The number of carbonyl (C=O) groups excluding carboxylic acids is 3. The molecular formula is C28H33N3O7. The molecule has 0 aliphatic rings. The number of nitrogens with zero attached hydrogens (tertiary/aromatic N) is 1. The van der Waals surface area contributed by atoms with Crippen molar-refractivity contribution in [1.29, 1.82) is 0 Å². The van der Waals surface area contributed by atoms with E-state index >= 15 is 0 Å². The summed E-state index contributed by atoms with van der Waals surface area (Å²) < 4.78 is 5.19. The minimum Gasteiger partial charge on any atom is -0.508 e. The summed E-state index contributed by atoms with van der Waals surface area (Å²) in [4.78, 5) is 40.5. The van der Waals surface area contributed by atoms with Crippen LogP contribution in [0.3, 0.4) is 0 Å². The molecular weight excluding hydrogens is 490 g/mol. The van der Waals surface area contributed by atoms with Crippen LogP contribution in [0.5, 0.6) is 5.75 Å². The number of hydrogen-bond acceptors (Lipinski definition) is 7. The van der Waals surface area contributed by atoms with Crippen molar-refractivity contribution in [2.45, 2.75) is 38.5 Å². The monoisotopic (exact) mass is 523 g/mol. The van der Waals surface area contributed by atoms with Gasteiger partial charge in [0.1, 0.15) is 23.4 Å². The van der Waals surface area contributed by atoms with Crippen molar-refractivity contribution >= 4 is 34.4 Å². The summed E-state index contributed by atoms with van der Waals surface area (Å²) in [5.41, 5.74) is -0.298. The average molecular weight is 524 g/mol. The summed E-state index contributed by atoms with van der Waals surface area (Å²) in [6.07, 6.45) is -0.937. The van der Waals surface area contributed by atoms with Crippen LogP contribution in [0.1, 0.15) is 32.4 Å². The average Bonchev–Trinajstić information content (AvgIpc) is 2.86. The van der Waals surface area contributed by atoms with E-state index in [9.17, 15) is 29.7 Å². The van der Waals surface area contributed by atoms with Crippen LogP contribution in [0.2, 0.25) is 0 Å². The Morgan fingerprint density at radius 2 is 1.61 bits per heavy atom. The number of aromatic hydroxyl groups is 1. The summed E-state index contributed by atoms with van der Waals surface area (Å²) in [5.74, 6) is -1.77. The number of aliphatic hydroxyl groups excluding tert-OH is 2. The first-order chi connectivity index (χ1) is 18.0. The van der Waals surface area contributed by atoms with Crippen molar-refractivity contribution in [3.63, 3.8) is 0 Å². The molecule has 0 spiro atoms. The molecule has 5 N–H and O–H groups in total. The number of para-hydroxylation sites is 1. The second-order valence-electron chi connectivity index (χ2n) is 9.65. The number of nitrogens with one attached hydrogen (secondary N) is 2. The van der Waals surface area contributed by atoms with Crippen LogP contribution < -0.4 is 10.6 Å². The molecule has 10 nitrogen and oxygen atoms in total. The molecule has 0 aliphatic carbocycles. The number of rotatable bonds is 9. The highest BCUT2D eigenvalue weighted by Gasteiger charge is 2.37. The normalized spacial score (nSPS) is 12.9. The lowest BCUT2D eigenvalue weighted by Gasteiger charge is -2.33. The van der Waals surface area contributed by atoms with E-state index in [4.69, 9.17) is 4.74 Å². The molecule has 0 aromatic heterocycles. The Balaban J connectivity index is 1.97. The number of ether oxygens (including phenoxy) is 1. The molecule has 2 atom stereocenters. The SMILES string of the molecule is CC(C)(C)OC(=O)NC(CO)C(=O)N(CCO)C(C(=O)Nc1ccc2ccccc2c1)c1ccccc1O. The van der Waals surface area contributed by atoms with Crippen LogP contribution in [0.25, 0.3) is 10.8 Å². The number of aliphatic hydroxyl groups is 2. The van der Waals surface area contributed by atoms with Gasteiger partial charge in [-0.3, -0.25) is 9.59 Å². The first-order valence-electron chi connectivity index (χ1n) is 12.1. The Hall–Kier alpha value is -4.15. The fourth-order valence-electron chi connectivity index (χ4n) is 3.96. The number of benzene rings is 3. The van der Waals surface area contributed by atoms with Gasteiger partial charge in [0, 0.05) is 17.8 Å². The van der Waals surface area contributed by atoms with Gasteiger partial charge in [-0.2, -0.15) is 0 Å². The van der Waals surface area contributed by atoms with Gasteiger partial charge in [0.25, 0.3) is 5.91 Å². The Bertz CT molecular complexity index is 1290. The van der Waals surface area contributed by atoms with Crippen LogP contribution in [0, 0.1) is 0 Å². The summed E-state index contributed by atoms with van der Waals surface area (Å²) in [5, 5.41) is 37.2. The molecule has 0 saturated carbocycles. The maximum absolute atomic E-state index is 13.7. The van der Waals surface area contributed by atoms with Crippen molar-refractivity contribution in [3.8, 4) is 5.75 Å². The van der Waals surface area contributed by atoms with Crippen molar-refractivity contribution in [3.05, 3.63) is 72.3 Å². The fourth-order valence-corrected chi connectivity index (χ4v) is 3.96. The van der Waals surface area contributed by atoms with Gasteiger partial charge >= 0.3 is 6.09 Å². The molecule has 0 aliphatic heterocycles. The summed E-state index contributed by atoms with van der Waals surface area (Å²) in [6, 6.07) is 16.0. The quantitative estimate of drug-likeness (QED) is 0.290. The van der Waals surface area contributed by atoms with Crippen LogP contribution in [-0.4, -0.2) is 69.5 Å². The lowest BCUT2D eigenvalue weighted by molar-refractivity contribution is -0.142. The molecule has 3 amide bonds. The maximum atomic E-state index is 13.7. The van der Waals surface area contributed by atoms with Gasteiger partial charge in [0.15, 0.2) is 0 Å². The van der Waals surface area contributed by atoms with Gasteiger partial charge in [-0.1, -0.05) is 48.5 Å². The third-order valence-corrected chi connectivity index (χ3v) is 5.60. The number of carbonyl (C=O) groups is 3. The van der Waals surface area contributed by atoms with E-state index in [-0.39, 0.29) is 17.9 Å². The lowest BCUT2D eigenvalue weighted by atomic mass is 10.0. The second-order valence-corrected chi connectivity index (χ2v) is 9.65. The predicted molar refractivity (Wildman–Crippen MR) is 142 cm³/mol. The summed E-state index contributed by atoms with van der Waals surface area (Å²) >= 11 is 0. The van der Waals surface area contributed by atoms with Gasteiger partial charge in [0.2, 0.25) is 5.91 Å². The molecule has 2 unspecified atom stereocenters. The molecule has 0 radical (unpaired) electrons. The van der Waals surface area contributed by atoms with E-state index in [0.29, 0.717) is 5.69 Å². The van der Waals surface area contributed by atoms with Crippen molar-refractivity contribution in [2.75, 3.05) is 25.1 Å². The third kappa shape index (κ3) is 7.21. The largest absolute Gasteiger partial charge is 0.508 e. The van der Waals surface area contributed by atoms with Crippen LogP contribution in [-0.2, 0) is 14.3 Å². The molecule has 0 bridgehead atoms. The standard InChI is InChI=1S/C28H33N3O7/c1-28(2,3)38-27(37)30-22(17-33)26(36)31(14-15-32)24(21-10-6-7-11-23(21)34)25(35)29-20-13-12-18-8-4-5-9-19(18)16-20/h4-13,16,22,24,32-34H,14-15,17H2,1-3H3,(H,29,35)(H,30,37). The van der Waals surface area contributed by atoms with Gasteiger partial charge in [-0.15, -0.1) is 0 Å². The van der Waals surface area contributed by atoms with Crippen molar-refractivity contribution in [2.24, 2.45) is 0 Å². The third-order valence-electron chi connectivity index (χ3n) is 5.60. The molecule has 3 aromatic carbocycles. The smallest absolute Gasteiger partial charge is 0.408 e. The number of fused-ring (bicyclic) bond motifs is 1. The van der Waals surface area contributed by atoms with Crippen molar-refractivity contribution in [1.82, 2.24) is 10.2 Å². The first-order valence-corrected chi connectivity index (χ1v) is 12.1. The van der Waals surface area contributed by atoms with Crippen molar-refractivity contribution < 1.29 is 34.4 Å². The minimum atomic E-state index is -1.47. The molecule has 0 heterocycles. The topological polar surface area (TPSA) is 148 Å². The lowest BCUT2D eigenvalue weighted by Crippen LogP contribution is -2.54. The van der Waals surface area contributed by atoms with Crippen LogP contribution in [0.15, 0.2) is 66.7 Å². The van der Waals surface area contributed by atoms with E-state index < -0.39 is 48.8 Å². The highest BCUT2D eigenvalue weighted by molar-refractivity contribution is 6.00. The highest BCUT2D eigenvalue weighted by atomic mass is 16.6. The first kappa shape index (κ1) is 28.4. The van der Waals surface area contributed by atoms with Crippen LogP contribution in [0.4, 0.5) is 10.5 Å². The summed E-state index contributed by atoms with van der Waals surface area (Å²) in [7, 11) is 0. The van der Waals surface area contributed by atoms with Gasteiger partial charge < -0.3 is 35.6 Å². The molecule has 202 valence electrons. The van der Waals surface area contributed by atoms with E-state index in [1.54, 1.807) is 45.0 Å². The zero-order chi connectivity index (χ0) is 27.9. The Morgan fingerprint density at radius 1 is 0.947 bits per heavy atom. The van der Waals surface area contributed by atoms with E-state index in [1.807, 2.05) is 30.3 Å². The van der Waals surface area contributed by atoms with E-state index in [1.165, 1.54) is 12.1 Å². The number of anilines is 1. The molecule has 3 rings (SSSR count). The van der Waals surface area contributed by atoms with Gasteiger partial charge in [-0.25, -0.2) is 4.79 Å². The predicted octanol–water partition coefficient (Wildman–Crippen LogP) is 2.93. The van der Waals surface area contributed by atoms with Gasteiger partial charge in [0.05, 0.1) is 13.2 Å². The Kier molecular flexibility index (Phi) is 9.27. The molecule has 3 aromatic rings. The number of hydrogen-bond donors (Lipinski definition) is 5. The van der Waals surface area contributed by atoms with Crippen LogP contribution >= 0.6 is 0 Å². The van der Waals surface area contributed by atoms with E-state index in [0.717, 1.165) is 15.7 Å². The highest BCUT2D eigenvalue weighted by Crippen LogP contribution is 2.31. The fraction of sp³-hybridized carbons (Fsp3) is 0.321. The summed E-state index contributed by atoms with van der Waals surface area (Å²) in [6.45, 7) is 3.29. The molecule has 38 heavy (non-hydrogen) atoms. The molecule has 10 heteroatoms. The minimum absolute atomic E-state index is 0.0987. The molecule has 0 saturated heterocycles. The Labute approximate surface area is 220 Å². The number of phenolic OH excluding ortho intramolecular Hbond substituents is 1. The number of alkyl carbamates (subject to hydrolysis) is 1. The second kappa shape index (κ2) is 12.4. The number of phenols is 1. The van der Waals surface area contributed by atoms with Gasteiger partial charge in [-0.05, 0) is 49.7 Å². The number of amides is 3. The van der Waals surface area contributed by atoms with E-state index in [2.05, 4.69) is 10.6 Å². The zero-order valence-corrected chi connectivity index (χ0v) is 21.5.